The molecule has 0 saturated heterocycles. The van der Waals surface area contributed by atoms with E-state index < -0.39 is 0 Å². The zero-order valence-corrected chi connectivity index (χ0v) is 8.58. The van der Waals surface area contributed by atoms with Crippen LogP contribution in [0.2, 0.25) is 0 Å². The zero-order valence-electron chi connectivity index (χ0n) is 8.58. The summed E-state index contributed by atoms with van der Waals surface area (Å²) in [5, 5.41) is 3.13. The van der Waals surface area contributed by atoms with Crippen molar-refractivity contribution in [2.45, 2.75) is 25.9 Å². The van der Waals surface area contributed by atoms with Crippen LogP contribution < -0.4 is 11.1 Å². The summed E-state index contributed by atoms with van der Waals surface area (Å²) < 4.78 is 4.97. The topological polar surface area (TPSA) is 59.6 Å². The first kappa shape index (κ1) is 12.1. The Labute approximate surface area is 79.9 Å². The van der Waals surface area contributed by atoms with Crippen LogP contribution in [0.4, 0.5) is 0 Å². The molecule has 76 valence electrons. The number of rotatable bonds is 6. The van der Waals surface area contributed by atoms with Gasteiger partial charge in [-0.3, -0.25) is 0 Å². The van der Waals surface area contributed by atoms with Crippen molar-refractivity contribution in [3.8, 4) is 0 Å². The maximum atomic E-state index is 5.58. The molecule has 2 atom stereocenters. The Morgan fingerprint density at radius 3 is 2.69 bits per heavy atom. The van der Waals surface area contributed by atoms with Gasteiger partial charge in [0, 0.05) is 19.2 Å². The quantitative estimate of drug-likeness (QED) is 0.592. The molecule has 0 amide bonds. The lowest BCUT2D eigenvalue weighted by Crippen LogP contribution is -2.30. The largest absolute Gasteiger partial charge is 0.383 e. The first-order chi connectivity index (χ1) is 6.10. The maximum Gasteiger partial charge on any atom is 0.122 e. The van der Waals surface area contributed by atoms with Gasteiger partial charge in [-0.2, -0.15) is 0 Å². The highest BCUT2D eigenvalue weighted by Gasteiger charge is 2.02. The summed E-state index contributed by atoms with van der Waals surface area (Å²) in [4.78, 5) is 3.81. The molecule has 0 radical (unpaired) electrons. The minimum atomic E-state index is -0.0252. The summed E-state index contributed by atoms with van der Waals surface area (Å²) in [5.74, 6) is 0.708. The normalized spacial score (nSPS) is 16.5. The van der Waals surface area contributed by atoms with Gasteiger partial charge in [-0.15, -0.1) is 0 Å². The standard InChI is InChI=1S/C9H19N3O/c1-7(10)5-9(11-3)12-8(2)6-13-4/h5,7-8,12H,3,6,10H2,1-2,4H3/b9-5+/t7?,8-/m1/s1. The van der Waals surface area contributed by atoms with E-state index in [-0.39, 0.29) is 12.1 Å². The van der Waals surface area contributed by atoms with Crippen molar-refractivity contribution < 1.29 is 4.74 Å². The number of hydrogen-bond acceptors (Lipinski definition) is 4. The molecule has 1 unspecified atom stereocenters. The summed E-state index contributed by atoms with van der Waals surface area (Å²) in [6, 6.07) is 0.184. The second-order valence-corrected chi connectivity index (χ2v) is 3.07. The SMILES string of the molecule is C=N/C(=C\C(C)N)N[C@H](C)COC. The second kappa shape index (κ2) is 6.62. The molecular formula is C9H19N3O. The van der Waals surface area contributed by atoms with Crippen LogP contribution in [-0.2, 0) is 4.74 Å². The van der Waals surface area contributed by atoms with Gasteiger partial charge in [-0.05, 0) is 26.6 Å². The van der Waals surface area contributed by atoms with Gasteiger partial charge in [-0.1, -0.05) is 0 Å². The van der Waals surface area contributed by atoms with Gasteiger partial charge in [0.1, 0.15) is 5.82 Å². The highest BCUT2D eigenvalue weighted by Crippen LogP contribution is 1.95. The molecule has 0 aliphatic heterocycles. The first-order valence-corrected chi connectivity index (χ1v) is 4.29. The van der Waals surface area contributed by atoms with Crippen LogP contribution in [0.15, 0.2) is 16.9 Å². The lowest BCUT2D eigenvalue weighted by atomic mass is 10.3. The molecule has 4 heteroatoms. The van der Waals surface area contributed by atoms with Crippen molar-refractivity contribution in [3.63, 3.8) is 0 Å². The molecule has 0 aliphatic carbocycles. The number of ether oxygens (including phenoxy) is 1. The zero-order chi connectivity index (χ0) is 10.3. The Kier molecular flexibility index (Phi) is 6.18. The van der Waals surface area contributed by atoms with Gasteiger partial charge in [-0.25, -0.2) is 4.99 Å². The summed E-state index contributed by atoms with van der Waals surface area (Å²) in [5.41, 5.74) is 5.58. The van der Waals surface area contributed by atoms with Crippen molar-refractivity contribution in [2.24, 2.45) is 10.7 Å². The highest BCUT2D eigenvalue weighted by molar-refractivity contribution is 5.28. The predicted molar refractivity (Wildman–Crippen MR) is 55.8 cm³/mol. The molecule has 0 aliphatic rings. The summed E-state index contributed by atoms with van der Waals surface area (Å²) in [6.07, 6.45) is 1.82. The predicted octanol–water partition coefficient (Wildman–Crippen LogP) is 0.500. The maximum absolute atomic E-state index is 5.58. The molecule has 0 aromatic heterocycles. The lowest BCUT2D eigenvalue weighted by molar-refractivity contribution is 0.176. The summed E-state index contributed by atoms with van der Waals surface area (Å²) in [6.45, 7) is 7.97. The number of nitrogens with two attached hydrogens (primary N) is 1. The van der Waals surface area contributed by atoms with Crippen LogP contribution in [0, 0.1) is 0 Å². The van der Waals surface area contributed by atoms with E-state index in [1.54, 1.807) is 7.11 Å². The minimum absolute atomic E-state index is 0.0252. The molecule has 0 fully saturated rings. The number of methoxy groups -OCH3 is 1. The minimum Gasteiger partial charge on any atom is -0.383 e. The molecule has 0 bridgehead atoms. The van der Waals surface area contributed by atoms with E-state index >= 15 is 0 Å². The van der Waals surface area contributed by atoms with E-state index in [0.717, 1.165) is 0 Å². The second-order valence-electron chi connectivity index (χ2n) is 3.07. The van der Waals surface area contributed by atoms with Crippen LogP contribution in [0.3, 0.4) is 0 Å². The average Bonchev–Trinajstić information content (AvgIpc) is 2.02. The van der Waals surface area contributed by atoms with Crippen molar-refractivity contribution in [2.75, 3.05) is 13.7 Å². The first-order valence-electron chi connectivity index (χ1n) is 4.29. The summed E-state index contributed by atoms with van der Waals surface area (Å²) in [7, 11) is 1.66. The molecule has 0 saturated carbocycles. The molecule has 0 rings (SSSR count). The highest BCUT2D eigenvalue weighted by atomic mass is 16.5. The number of nitrogens with zero attached hydrogens (tertiary/aromatic N) is 1. The third kappa shape index (κ3) is 6.31. The van der Waals surface area contributed by atoms with Gasteiger partial charge >= 0.3 is 0 Å². The van der Waals surface area contributed by atoms with E-state index in [1.807, 2.05) is 19.9 Å². The van der Waals surface area contributed by atoms with Crippen LogP contribution in [0.5, 0.6) is 0 Å². The lowest BCUT2D eigenvalue weighted by Gasteiger charge is -2.14. The van der Waals surface area contributed by atoms with Crippen LogP contribution in [0.1, 0.15) is 13.8 Å². The van der Waals surface area contributed by atoms with Gasteiger partial charge < -0.3 is 15.8 Å². The monoisotopic (exact) mass is 185 g/mol. The molecular weight excluding hydrogens is 166 g/mol. The third-order valence-corrected chi connectivity index (χ3v) is 1.40. The molecule has 0 heterocycles. The third-order valence-electron chi connectivity index (χ3n) is 1.40. The molecule has 13 heavy (non-hydrogen) atoms. The Morgan fingerprint density at radius 1 is 1.69 bits per heavy atom. The van der Waals surface area contributed by atoms with Crippen molar-refractivity contribution >= 4 is 6.72 Å². The molecule has 0 spiro atoms. The smallest absolute Gasteiger partial charge is 0.122 e. The molecule has 0 aromatic carbocycles. The fourth-order valence-corrected chi connectivity index (χ4v) is 0.940. The van der Waals surface area contributed by atoms with E-state index in [1.165, 1.54) is 0 Å². The van der Waals surface area contributed by atoms with Crippen LogP contribution in [0.25, 0.3) is 0 Å². The Hall–Kier alpha value is -0.870. The molecule has 4 nitrogen and oxygen atoms in total. The van der Waals surface area contributed by atoms with Gasteiger partial charge in [0.15, 0.2) is 0 Å². The molecule has 0 aromatic rings. The fourth-order valence-electron chi connectivity index (χ4n) is 0.940. The van der Waals surface area contributed by atoms with Crippen LogP contribution >= 0.6 is 0 Å². The van der Waals surface area contributed by atoms with E-state index in [9.17, 15) is 0 Å². The van der Waals surface area contributed by atoms with Crippen molar-refractivity contribution in [3.05, 3.63) is 11.9 Å². The van der Waals surface area contributed by atoms with E-state index in [0.29, 0.717) is 12.4 Å². The van der Waals surface area contributed by atoms with Crippen molar-refractivity contribution in [1.29, 1.82) is 0 Å². The van der Waals surface area contributed by atoms with Crippen molar-refractivity contribution in [1.82, 2.24) is 5.32 Å². The van der Waals surface area contributed by atoms with Gasteiger partial charge in [0.25, 0.3) is 0 Å². The van der Waals surface area contributed by atoms with Crippen LogP contribution in [-0.4, -0.2) is 32.5 Å². The fraction of sp³-hybridized carbons (Fsp3) is 0.667. The Balaban J connectivity index is 4.04. The Morgan fingerprint density at radius 2 is 2.31 bits per heavy atom. The van der Waals surface area contributed by atoms with Gasteiger partial charge in [0.05, 0.1) is 6.61 Å². The number of nitrogens with one attached hydrogen (secondary N) is 1. The van der Waals surface area contributed by atoms with E-state index in [4.69, 9.17) is 10.5 Å². The number of hydrogen-bond donors (Lipinski definition) is 2. The average molecular weight is 185 g/mol. The van der Waals surface area contributed by atoms with Gasteiger partial charge in [0.2, 0.25) is 0 Å². The Bertz CT molecular complexity index is 178. The number of aliphatic imine (C=N–C) groups is 1. The molecule has 3 N–H and O–H groups in total. The summed E-state index contributed by atoms with van der Waals surface area (Å²) >= 11 is 0. The van der Waals surface area contributed by atoms with E-state index in [2.05, 4.69) is 17.0 Å².